The SMILES string of the molecule is C.CCS(=O)(=O)Nc1ccc(C(C)=O)c(C)c1. The summed E-state index contributed by atoms with van der Waals surface area (Å²) in [5.74, 6) is 0.00272. The van der Waals surface area contributed by atoms with Gasteiger partial charge in [-0.15, -0.1) is 0 Å². The molecular weight excluding hydrogens is 238 g/mol. The third-order valence-corrected chi connectivity index (χ3v) is 3.57. The number of aryl methyl sites for hydroxylation is 1. The third kappa shape index (κ3) is 4.19. The van der Waals surface area contributed by atoms with E-state index in [1.54, 1.807) is 32.0 Å². The Morgan fingerprint density at radius 1 is 1.35 bits per heavy atom. The Hall–Kier alpha value is -1.36. The highest BCUT2D eigenvalue weighted by Crippen LogP contribution is 2.16. The van der Waals surface area contributed by atoms with Crippen LogP contribution in [-0.2, 0) is 10.0 Å². The summed E-state index contributed by atoms with van der Waals surface area (Å²) in [5, 5.41) is 0. The zero-order valence-electron chi connectivity index (χ0n) is 9.57. The molecule has 0 radical (unpaired) electrons. The van der Waals surface area contributed by atoms with E-state index in [-0.39, 0.29) is 19.0 Å². The Balaban J connectivity index is 0.00000256. The van der Waals surface area contributed by atoms with Crippen molar-refractivity contribution in [3.63, 3.8) is 0 Å². The van der Waals surface area contributed by atoms with Crippen LogP contribution in [0, 0.1) is 6.92 Å². The van der Waals surface area contributed by atoms with Gasteiger partial charge in [-0.2, -0.15) is 0 Å². The maximum absolute atomic E-state index is 11.3. The van der Waals surface area contributed by atoms with Crippen LogP contribution >= 0.6 is 0 Å². The van der Waals surface area contributed by atoms with E-state index in [4.69, 9.17) is 0 Å². The van der Waals surface area contributed by atoms with Crippen LogP contribution in [0.3, 0.4) is 0 Å². The van der Waals surface area contributed by atoms with E-state index < -0.39 is 10.0 Å². The maximum atomic E-state index is 11.3. The molecule has 0 aromatic heterocycles. The first-order valence-corrected chi connectivity index (χ1v) is 6.63. The highest BCUT2D eigenvalue weighted by atomic mass is 32.2. The number of Topliss-reactive ketones (excluding diaryl/α,β-unsaturated/α-hetero) is 1. The van der Waals surface area contributed by atoms with Gasteiger partial charge in [-0.25, -0.2) is 8.42 Å². The van der Waals surface area contributed by atoms with Gasteiger partial charge >= 0.3 is 0 Å². The van der Waals surface area contributed by atoms with Crippen LogP contribution in [0.2, 0.25) is 0 Å². The minimum atomic E-state index is -3.26. The summed E-state index contributed by atoms with van der Waals surface area (Å²) in [7, 11) is -3.26. The van der Waals surface area contributed by atoms with Crippen LogP contribution in [0.25, 0.3) is 0 Å². The van der Waals surface area contributed by atoms with Crippen molar-refractivity contribution in [3.05, 3.63) is 29.3 Å². The van der Waals surface area contributed by atoms with Crippen molar-refractivity contribution in [3.8, 4) is 0 Å². The van der Waals surface area contributed by atoms with Gasteiger partial charge < -0.3 is 0 Å². The topological polar surface area (TPSA) is 63.2 Å². The average molecular weight is 257 g/mol. The molecule has 0 fully saturated rings. The van der Waals surface area contributed by atoms with Crippen LogP contribution in [0.4, 0.5) is 5.69 Å². The van der Waals surface area contributed by atoms with Crippen molar-refractivity contribution >= 4 is 21.5 Å². The normalized spacial score (nSPS) is 10.5. The second kappa shape index (κ2) is 5.82. The Morgan fingerprint density at radius 2 is 1.94 bits per heavy atom. The number of nitrogens with one attached hydrogen (secondary N) is 1. The molecule has 1 N–H and O–H groups in total. The van der Waals surface area contributed by atoms with Gasteiger partial charge in [0.05, 0.1) is 5.75 Å². The Morgan fingerprint density at radius 3 is 2.35 bits per heavy atom. The van der Waals surface area contributed by atoms with Gasteiger partial charge in [0.25, 0.3) is 0 Å². The molecule has 0 heterocycles. The monoisotopic (exact) mass is 257 g/mol. The lowest BCUT2D eigenvalue weighted by molar-refractivity contribution is 0.101. The van der Waals surface area contributed by atoms with Crippen molar-refractivity contribution in [1.82, 2.24) is 0 Å². The molecule has 0 aliphatic rings. The van der Waals surface area contributed by atoms with E-state index in [0.29, 0.717) is 11.3 Å². The molecule has 1 aromatic carbocycles. The van der Waals surface area contributed by atoms with Crippen molar-refractivity contribution < 1.29 is 13.2 Å². The fraction of sp³-hybridized carbons (Fsp3) is 0.417. The van der Waals surface area contributed by atoms with Crippen LogP contribution in [0.5, 0.6) is 0 Å². The van der Waals surface area contributed by atoms with Crippen LogP contribution in [0.1, 0.15) is 37.2 Å². The predicted molar refractivity (Wildman–Crippen MR) is 71.0 cm³/mol. The largest absolute Gasteiger partial charge is 0.295 e. The van der Waals surface area contributed by atoms with Gasteiger partial charge in [-0.1, -0.05) is 7.43 Å². The van der Waals surface area contributed by atoms with Gasteiger partial charge in [-0.3, -0.25) is 9.52 Å². The molecule has 5 heteroatoms. The number of carbonyl (C=O) groups excluding carboxylic acids is 1. The molecule has 0 aliphatic carbocycles. The predicted octanol–water partition coefficient (Wildman–Crippen LogP) is 2.60. The second-order valence-corrected chi connectivity index (χ2v) is 5.60. The number of anilines is 1. The quantitative estimate of drug-likeness (QED) is 0.843. The van der Waals surface area contributed by atoms with Gasteiger partial charge in [-0.05, 0) is 44.5 Å². The Kier molecular flexibility index (Phi) is 5.35. The molecule has 0 aliphatic heterocycles. The molecule has 1 aromatic rings. The van der Waals surface area contributed by atoms with Crippen molar-refractivity contribution in [2.45, 2.75) is 28.2 Å². The lowest BCUT2D eigenvalue weighted by atomic mass is 10.1. The first kappa shape index (κ1) is 15.6. The Bertz CT molecular complexity index is 506. The summed E-state index contributed by atoms with van der Waals surface area (Å²) >= 11 is 0. The summed E-state index contributed by atoms with van der Waals surface area (Å²) < 4.78 is 25.1. The van der Waals surface area contributed by atoms with E-state index in [1.807, 2.05) is 0 Å². The summed E-state index contributed by atoms with van der Waals surface area (Å²) in [4.78, 5) is 11.2. The fourth-order valence-corrected chi connectivity index (χ4v) is 2.00. The number of carbonyl (C=O) groups is 1. The summed E-state index contributed by atoms with van der Waals surface area (Å²) in [6.07, 6.45) is 0. The van der Waals surface area contributed by atoms with E-state index in [0.717, 1.165) is 5.56 Å². The second-order valence-electron chi connectivity index (χ2n) is 3.59. The number of hydrogen-bond acceptors (Lipinski definition) is 3. The molecule has 96 valence electrons. The number of sulfonamides is 1. The molecular formula is C12H19NO3S. The van der Waals surface area contributed by atoms with Gasteiger partial charge in [0.15, 0.2) is 5.78 Å². The number of ketones is 1. The molecule has 0 amide bonds. The highest BCUT2D eigenvalue weighted by molar-refractivity contribution is 7.92. The minimum Gasteiger partial charge on any atom is -0.295 e. The lowest BCUT2D eigenvalue weighted by Crippen LogP contribution is -2.14. The number of hydrogen-bond donors (Lipinski definition) is 1. The molecule has 0 bridgehead atoms. The van der Waals surface area contributed by atoms with Crippen molar-refractivity contribution in [2.75, 3.05) is 10.5 Å². The van der Waals surface area contributed by atoms with Gasteiger partial charge in [0, 0.05) is 11.3 Å². The molecule has 0 atom stereocenters. The summed E-state index contributed by atoms with van der Waals surface area (Å²) in [6.45, 7) is 4.83. The molecule has 0 saturated carbocycles. The van der Waals surface area contributed by atoms with Gasteiger partial charge in [0.2, 0.25) is 10.0 Å². The zero-order chi connectivity index (χ0) is 12.3. The standard InChI is InChI=1S/C11H15NO3S.CH4/c1-4-16(14,15)12-10-5-6-11(9(3)13)8(2)7-10;/h5-7,12H,4H2,1-3H3;1H4. The lowest BCUT2D eigenvalue weighted by Gasteiger charge is -2.08. The van der Waals surface area contributed by atoms with Crippen LogP contribution in [-0.4, -0.2) is 20.0 Å². The average Bonchev–Trinajstić information content (AvgIpc) is 2.16. The zero-order valence-corrected chi connectivity index (χ0v) is 10.4. The highest BCUT2D eigenvalue weighted by Gasteiger charge is 2.09. The maximum Gasteiger partial charge on any atom is 0.232 e. The smallest absolute Gasteiger partial charge is 0.232 e. The van der Waals surface area contributed by atoms with E-state index in [9.17, 15) is 13.2 Å². The molecule has 0 unspecified atom stereocenters. The first-order chi connectivity index (χ1) is 7.35. The molecule has 17 heavy (non-hydrogen) atoms. The molecule has 0 spiro atoms. The molecule has 4 nitrogen and oxygen atoms in total. The first-order valence-electron chi connectivity index (χ1n) is 4.98. The van der Waals surface area contributed by atoms with E-state index >= 15 is 0 Å². The van der Waals surface area contributed by atoms with E-state index in [2.05, 4.69) is 4.72 Å². The third-order valence-electron chi connectivity index (χ3n) is 2.26. The fourth-order valence-electron chi connectivity index (χ4n) is 1.37. The number of rotatable bonds is 4. The van der Waals surface area contributed by atoms with E-state index in [1.165, 1.54) is 6.92 Å². The van der Waals surface area contributed by atoms with Crippen molar-refractivity contribution in [2.24, 2.45) is 0 Å². The van der Waals surface area contributed by atoms with Crippen molar-refractivity contribution in [1.29, 1.82) is 0 Å². The van der Waals surface area contributed by atoms with Gasteiger partial charge in [0.1, 0.15) is 0 Å². The van der Waals surface area contributed by atoms with Crippen LogP contribution in [0.15, 0.2) is 18.2 Å². The minimum absolute atomic E-state index is 0. The Labute approximate surface area is 103 Å². The molecule has 1 rings (SSSR count). The molecule has 0 saturated heterocycles. The summed E-state index contributed by atoms with van der Waals surface area (Å²) in [5.41, 5.74) is 1.87. The number of benzene rings is 1. The summed E-state index contributed by atoms with van der Waals surface area (Å²) in [6, 6.07) is 4.88. The van der Waals surface area contributed by atoms with Crippen LogP contribution < -0.4 is 4.72 Å².